The number of ether oxygens (including phenoxy) is 1. The van der Waals surface area contributed by atoms with Gasteiger partial charge in [-0.25, -0.2) is 4.79 Å². The number of aromatic nitrogens is 1. The molecule has 7 heteroatoms. The molecule has 3 aromatic rings. The van der Waals surface area contributed by atoms with E-state index >= 15 is 0 Å². The molecule has 0 saturated carbocycles. The molecule has 0 spiro atoms. The van der Waals surface area contributed by atoms with Crippen molar-refractivity contribution in [3.8, 4) is 11.5 Å². The van der Waals surface area contributed by atoms with Crippen LogP contribution in [-0.4, -0.2) is 28.3 Å². The highest BCUT2D eigenvalue weighted by Gasteiger charge is 2.15. The van der Waals surface area contributed by atoms with Gasteiger partial charge in [0.2, 0.25) is 0 Å². The van der Waals surface area contributed by atoms with E-state index in [1.807, 2.05) is 0 Å². The number of aromatic hydroxyl groups is 1. The van der Waals surface area contributed by atoms with Gasteiger partial charge in [-0.1, -0.05) is 0 Å². The van der Waals surface area contributed by atoms with Crippen LogP contribution in [0.5, 0.6) is 11.5 Å². The predicted molar refractivity (Wildman–Crippen MR) is 93.9 cm³/mol. The third-order valence-electron chi connectivity index (χ3n) is 3.44. The fraction of sp³-hybridized carbons (Fsp3) is 0.0588. The van der Waals surface area contributed by atoms with Crippen LogP contribution in [0.4, 0.5) is 11.4 Å². The van der Waals surface area contributed by atoms with Crippen molar-refractivity contribution in [2.45, 2.75) is 0 Å². The number of phenolic OH excluding ortho intramolecular Hbond substituents is 1. The number of anilines is 2. The van der Waals surface area contributed by atoms with E-state index in [1.54, 1.807) is 37.4 Å². The number of rotatable bonds is 4. The number of carbonyl (C=O) groups is 1. The van der Waals surface area contributed by atoms with E-state index in [0.29, 0.717) is 28.0 Å². The van der Waals surface area contributed by atoms with Crippen LogP contribution in [0.2, 0.25) is 0 Å². The van der Waals surface area contributed by atoms with Crippen molar-refractivity contribution < 1.29 is 19.7 Å². The number of phenols is 1. The highest BCUT2D eigenvalue weighted by atomic mass is 35.5. The van der Waals surface area contributed by atoms with Crippen LogP contribution in [0.3, 0.4) is 0 Å². The molecule has 0 aliphatic rings. The Morgan fingerprint density at radius 3 is 2.50 bits per heavy atom. The molecule has 2 aromatic carbocycles. The first-order valence-corrected chi connectivity index (χ1v) is 6.84. The Morgan fingerprint density at radius 2 is 1.88 bits per heavy atom. The fourth-order valence-corrected chi connectivity index (χ4v) is 2.28. The van der Waals surface area contributed by atoms with Crippen LogP contribution < -0.4 is 10.1 Å². The summed E-state index contributed by atoms with van der Waals surface area (Å²) in [5, 5.41) is 22.5. The lowest BCUT2D eigenvalue weighted by atomic mass is 10.1. The number of aromatic carboxylic acids is 1. The molecule has 0 saturated heterocycles. The predicted octanol–water partition coefficient (Wildman–Crippen LogP) is 3.81. The van der Waals surface area contributed by atoms with Gasteiger partial charge >= 0.3 is 5.97 Å². The number of pyridine rings is 1. The molecule has 0 fully saturated rings. The fourth-order valence-electron chi connectivity index (χ4n) is 2.28. The maximum atomic E-state index is 11.5. The second-order valence-corrected chi connectivity index (χ2v) is 4.91. The van der Waals surface area contributed by atoms with E-state index in [1.165, 1.54) is 18.3 Å². The van der Waals surface area contributed by atoms with E-state index in [0.717, 1.165) is 0 Å². The number of hydrogen-bond acceptors (Lipinski definition) is 5. The number of carboxylic acid groups (broad SMARTS) is 1. The third kappa shape index (κ3) is 3.33. The Morgan fingerprint density at radius 1 is 1.17 bits per heavy atom. The van der Waals surface area contributed by atoms with Gasteiger partial charge in [0.05, 0.1) is 18.3 Å². The maximum absolute atomic E-state index is 11.5. The summed E-state index contributed by atoms with van der Waals surface area (Å²) in [6, 6.07) is 11.6. The number of methoxy groups -OCH3 is 1. The standard InChI is InChI=1S/C17H14N2O4.ClH/c1-23-12-6-7-15-13(8-12)16(14(9-18-15)17(21)22)19-10-2-4-11(20)5-3-10;/h2-9,20H,1H3,(H,18,19)(H,21,22);1H. The molecule has 6 nitrogen and oxygen atoms in total. The summed E-state index contributed by atoms with van der Waals surface area (Å²) in [6.07, 6.45) is 1.32. The van der Waals surface area contributed by atoms with E-state index in [4.69, 9.17) is 4.74 Å². The molecule has 124 valence electrons. The van der Waals surface area contributed by atoms with Crippen molar-refractivity contribution in [1.29, 1.82) is 0 Å². The summed E-state index contributed by atoms with van der Waals surface area (Å²) >= 11 is 0. The van der Waals surface area contributed by atoms with E-state index < -0.39 is 5.97 Å². The van der Waals surface area contributed by atoms with Crippen molar-refractivity contribution in [3.63, 3.8) is 0 Å². The molecule has 0 radical (unpaired) electrons. The molecule has 0 aliphatic carbocycles. The summed E-state index contributed by atoms with van der Waals surface area (Å²) in [5.41, 5.74) is 1.78. The van der Waals surface area contributed by atoms with E-state index in [2.05, 4.69) is 10.3 Å². The first-order valence-electron chi connectivity index (χ1n) is 6.84. The normalized spacial score (nSPS) is 10.0. The van der Waals surface area contributed by atoms with Gasteiger partial charge in [-0.15, -0.1) is 12.4 Å². The summed E-state index contributed by atoms with van der Waals surface area (Å²) in [4.78, 5) is 15.7. The van der Waals surface area contributed by atoms with E-state index in [9.17, 15) is 15.0 Å². The highest BCUT2D eigenvalue weighted by molar-refractivity contribution is 6.05. The summed E-state index contributed by atoms with van der Waals surface area (Å²) in [5.74, 6) is -0.339. The maximum Gasteiger partial charge on any atom is 0.339 e. The first kappa shape index (κ1) is 17.4. The van der Waals surface area contributed by atoms with Gasteiger partial charge in [-0.05, 0) is 42.5 Å². The van der Waals surface area contributed by atoms with Gasteiger partial charge in [-0.3, -0.25) is 4.98 Å². The summed E-state index contributed by atoms with van der Waals surface area (Å²) < 4.78 is 5.21. The Balaban J connectivity index is 0.00000208. The van der Waals surface area contributed by atoms with Crippen LogP contribution >= 0.6 is 12.4 Å². The number of hydrogen-bond donors (Lipinski definition) is 3. The molecule has 3 rings (SSSR count). The largest absolute Gasteiger partial charge is 0.508 e. The average Bonchev–Trinajstić information content (AvgIpc) is 2.56. The van der Waals surface area contributed by atoms with Crippen LogP contribution in [-0.2, 0) is 0 Å². The molecule has 0 unspecified atom stereocenters. The zero-order valence-corrected chi connectivity index (χ0v) is 13.5. The monoisotopic (exact) mass is 346 g/mol. The Labute approximate surface area is 144 Å². The zero-order valence-electron chi connectivity index (χ0n) is 12.7. The van der Waals surface area contributed by atoms with Crippen molar-refractivity contribution in [2.24, 2.45) is 0 Å². The third-order valence-corrected chi connectivity index (χ3v) is 3.44. The molecule has 24 heavy (non-hydrogen) atoms. The van der Waals surface area contributed by atoms with Crippen LogP contribution in [0.25, 0.3) is 10.9 Å². The van der Waals surface area contributed by atoms with Gasteiger partial charge in [0.1, 0.15) is 17.1 Å². The van der Waals surface area contributed by atoms with Crippen LogP contribution in [0.1, 0.15) is 10.4 Å². The Hall–Kier alpha value is -2.99. The quantitative estimate of drug-likeness (QED) is 0.622. The number of fused-ring (bicyclic) bond motifs is 1. The SMILES string of the molecule is COc1ccc2ncc(C(=O)O)c(Nc3ccc(O)cc3)c2c1.Cl. The molecular formula is C17H15ClN2O4. The molecule has 0 atom stereocenters. The minimum Gasteiger partial charge on any atom is -0.508 e. The lowest BCUT2D eigenvalue weighted by Crippen LogP contribution is -2.04. The topological polar surface area (TPSA) is 91.7 Å². The van der Waals surface area contributed by atoms with E-state index in [-0.39, 0.29) is 23.7 Å². The first-order chi connectivity index (χ1) is 11.1. The second kappa shape index (κ2) is 7.06. The Kier molecular flexibility index (Phi) is 5.11. The van der Waals surface area contributed by atoms with Gasteiger partial charge in [0, 0.05) is 17.3 Å². The van der Waals surface area contributed by atoms with Crippen LogP contribution in [0, 0.1) is 0 Å². The van der Waals surface area contributed by atoms with Crippen molar-refractivity contribution in [1.82, 2.24) is 4.98 Å². The van der Waals surface area contributed by atoms with Crippen molar-refractivity contribution in [2.75, 3.05) is 12.4 Å². The molecule has 0 amide bonds. The number of benzene rings is 2. The molecule has 0 aliphatic heterocycles. The Bertz CT molecular complexity index is 882. The molecular weight excluding hydrogens is 332 g/mol. The van der Waals surface area contributed by atoms with Crippen LogP contribution in [0.15, 0.2) is 48.7 Å². The van der Waals surface area contributed by atoms with Gasteiger partial charge in [0.25, 0.3) is 0 Å². The van der Waals surface area contributed by atoms with Gasteiger partial charge in [-0.2, -0.15) is 0 Å². The van der Waals surface area contributed by atoms with Crippen molar-refractivity contribution in [3.05, 3.63) is 54.2 Å². The smallest absolute Gasteiger partial charge is 0.339 e. The lowest BCUT2D eigenvalue weighted by molar-refractivity contribution is 0.0697. The molecule has 1 aromatic heterocycles. The number of carboxylic acids is 1. The highest BCUT2D eigenvalue weighted by Crippen LogP contribution is 2.32. The molecule has 1 heterocycles. The number of nitrogens with one attached hydrogen (secondary N) is 1. The summed E-state index contributed by atoms with van der Waals surface area (Å²) in [7, 11) is 1.54. The summed E-state index contributed by atoms with van der Waals surface area (Å²) in [6.45, 7) is 0. The average molecular weight is 347 g/mol. The van der Waals surface area contributed by atoms with Gasteiger partial charge < -0.3 is 20.3 Å². The number of halogens is 1. The second-order valence-electron chi connectivity index (χ2n) is 4.91. The lowest BCUT2D eigenvalue weighted by Gasteiger charge is -2.13. The number of nitrogens with zero attached hydrogens (tertiary/aromatic N) is 1. The molecule has 3 N–H and O–H groups in total. The molecule has 0 bridgehead atoms. The van der Waals surface area contributed by atoms with Crippen molar-refractivity contribution >= 4 is 40.7 Å². The minimum atomic E-state index is -1.08. The van der Waals surface area contributed by atoms with Gasteiger partial charge in [0.15, 0.2) is 0 Å². The minimum absolute atomic E-state index is 0. The zero-order chi connectivity index (χ0) is 16.4.